The highest BCUT2D eigenvalue weighted by atomic mass is 32.2. The number of halogens is 3. The number of rotatable bonds is 3. The molecule has 0 aromatic carbocycles. The largest absolute Gasteiger partial charge is 0.433 e. The molecule has 0 atom stereocenters. The zero-order valence-electron chi connectivity index (χ0n) is 13.1. The van der Waals surface area contributed by atoms with Crippen LogP contribution in [0.2, 0.25) is 0 Å². The summed E-state index contributed by atoms with van der Waals surface area (Å²) in [4.78, 5) is 16.2. The molecule has 4 heterocycles. The molecule has 0 N–H and O–H groups in total. The van der Waals surface area contributed by atoms with E-state index in [0.717, 1.165) is 23.3 Å². The third-order valence-electron chi connectivity index (χ3n) is 3.49. The molecule has 0 aliphatic carbocycles. The minimum Gasteiger partial charge on any atom is -0.295 e. The molecule has 0 radical (unpaired) electrons. The molecule has 26 heavy (non-hydrogen) atoms. The Kier molecular flexibility index (Phi) is 4.08. The molecular weight excluding hydrogens is 363 g/mol. The van der Waals surface area contributed by atoms with E-state index in [9.17, 15) is 13.2 Å². The lowest BCUT2D eigenvalue weighted by molar-refractivity contribution is -0.141. The Morgan fingerprint density at radius 3 is 2.58 bits per heavy atom. The van der Waals surface area contributed by atoms with Crippen LogP contribution in [0.25, 0.3) is 17.0 Å². The molecule has 130 valence electrons. The Morgan fingerprint density at radius 1 is 0.962 bits per heavy atom. The second kappa shape index (κ2) is 6.41. The van der Waals surface area contributed by atoms with Gasteiger partial charge in [0.05, 0.1) is 11.7 Å². The lowest BCUT2D eigenvalue weighted by Crippen LogP contribution is -2.10. The van der Waals surface area contributed by atoms with Crippen molar-refractivity contribution in [1.29, 1.82) is 0 Å². The first-order valence-corrected chi connectivity index (χ1v) is 8.30. The number of aromatic nitrogens is 5. The van der Waals surface area contributed by atoms with Gasteiger partial charge >= 0.3 is 6.18 Å². The van der Waals surface area contributed by atoms with Crippen LogP contribution in [0.3, 0.4) is 0 Å². The van der Waals surface area contributed by atoms with Crippen LogP contribution in [0, 0.1) is 0 Å². The summed E-state index contributed by atoms with van der Waals surface area (Å²) in [6.07, 6.45) is 0.328. The van der Waals surface area contributed by atoms with Crippen molar-refractivity contribution in [3.05, 3.63) is 66.7 Å². The summed E-state index contributed by atoms with van der Waals surface area (Å²) < 4.78 is 41.5. The third-order valence-corrected chi connectivity index (χ3v) is 4.39. The summed E-state index contributed by atoms with van der Waals surface area (Å²) in [5.41, 5.74) is 0.0926. The molecule has 4 aromatic rings. The van der Waals surface area contributed by atoms with E-state index in [2.05, 4.69) is 19.9 Å². The average Bonchev–Trinajstić information content (AvgIpc) is 3.05. The highest BCUT2D eigenvalue weighted by Gasteiger charge is 2.34. The molecule has 0 unspecified atom stereocenters. The van der Waals surface area contributed by atoms with E-state index in [1.54, 1.807) is 35.0 Å². The van der Waals surface area contributed by atoms with Gasteiger partial charge in [0, 0.05) is 18.5 Å². The monoisotopic (exact) mass is 373 g/mol. The number of imidazole rings is 1. The van der Waals surface area contributed by atoms with Gasteiger partial charge in [0.2, 0.25) is 0 Å². The smallest absolute Gasteiger partial charge is 0.295 e. The Morgan fingerprint density at radius 2 is 1.81 bits per heavy atom. The van der Waals surface area contributed by atoms with Crippen LogP contribution in [0.5, 0.6) is 0 Å². The van der Waals surface area contributed by atoms with E-state index in [1.165, 1.54) is 6.20 Å². The van der Waals surface area contributed by atoms with Gasteiger partial charge in [0.1, 0.15) is 16.4 Å². The first-order valence-electron chi connectivity index (χ1n) is 7.48. The Balaban J connectivity index is 1.80. The van der Waals surface area contributed by atoms with Gasteiger partial charge in [0.15, 0.2) is 11.0 Å². The maximum absolute atomic E-state index is 13.3. The summed E-state index contributed by atoms with van der Waals surface area (Å²) in [7, 11) is 0. The van der Waals surface area contributed by atoms with Crippen molar-refractivity contribution >= 4 is 17.3 Å². The SMILES string of the molecule is FC(F)(F)c1cc(Sc2ncc3ccccn23)nc(-c2ccccn2)n1. The number of fused-ring (bicyclic) bond motifs is 1. The molecular formula is C17H10F3N5S. The van der Waals surface area contributed by atoms with Crippen LogP contribution < -0.4 is 0 Å². The van der Waals surface area contributed by atoms with E-state index < -0.39 is 11.9 Å². The van der Waals surface area contributed by atoms with Crippen molar-refractivity contribution in [2.75, 3.05) is 0 Å². The Bertz CT molecular complexity index is 1060. The van der Waals surface area contributed by atoms with Gasteiger partial charge in [-0.05, 0) is 36.0 Å². The fourth-order valence-electron chi connectivity index (χ4n) is 2.32. The van der Waals surface area contributed by atoms with Crippen molar-refractivity contribution in [2.45, 2.75) is 16.4 Å². The summed E-state index contributed by atoms with van der Waals surface area (Å²) >= 11 is 1.04. The molecule has 5 nitrogen and oxygen atoms in total. The molecule has 0 spiro atoms. The van der Waals surface area contributed by atoms with Gasteiger partial charge in [-0.25, -0.2) is 15.0 Å². The van der Waals surface area contributed by atoms with E-state index in [0.29, 0.717) is 5.16 Å². The van der Waals surface area contributed by atoms with Crippen LogP contribution in [0.4, 0.5) is 13.2 Å². The van der Waals surface area contributed by atoms with Crippen LogP contribution in [0.1, 0.15) is 5.69 Å². The van der Waals surface area contributed by atoms with Gasteiger partial charge in [0.25, 0.3) is 0 Å². The number of nitrogens with zero attached hydrogens (tertiary/aromatic N) is 5. The molecule has 0 saturated heterocycles. The lowest BCUT2D eigenvalue weighted by Gasteiger charge is -2.09. The summed E-state index contributed by atoms with van der Waals surface area (Å²) in [5.74, 6) is -0.0798. The fourth-order valence-corrected chi connectivity index (χ4v) is 3.18. The van der Waals surface area contributed by atoms with Crippen molar-refractivity contribution in [3.63, 3.8) is 0 Å². The molecule has 0 amide bonds. The Hall–Kier alpha value is -2.94. The van der Waals surface area contributed by atoms with Gasteiger partial charge < -0.3 is 0 Å². The van der Waals surface area contributed by atoms with Gasteiger partial charge in [-0.3, -0.25) is 9.38 Å². The normalized spacial score (nSPS) is 11.8. The topological polar surface area (TPSA) is 56.0 Å². The molecule has 0 aliphatic rings. The van der Waals surface area contributed by atoms with Crippen LogP contribution in [-0.2, 0) is 6.18 Å². The zero-order chi connectivity index (χ0) is 18.1. The molecule has 0 saturated carbocycles. The minimum absolute atomic E-state index is 0.0798. The van der Waals surface area contributed by atoms with E-state index in [-0.39, 0.29) is 16.5 Å². The molecule has 4 aromatic heterocycles. The van der Waals surface area contributed by atoms with Crippen LogP contribution in [-0.4, -0.2) is 24.3 Å². The predicted octanol–water partition coefficient (Wildman–Crippen LogP) is 4.36. The van der Waals surface area contributed by atoms with Crippen LogP contribution >= 0.6 is 11.8 Å². The van der Waals surface area contributed by atoms with Crippen molar-refractivity contribution < 1.29 is 13.2 Å². The maximum atomic E-state index is 13.3. The quantitative estimate of drug-likeness (QED) is 0.500. The number of hydrogen-bond donors (Lipinski definition) is 0. The first-order chi connectivity index (χ1) is 12.5. The van der Waals surface area contributed by atoms with E-state index in [1.807, 2.05) is 18.2 Å². The third kappa shape index (κ3) is 3.25. The maximum Gasteiger partial charge on any atom is 0.433 e. The number of hydrogen-bond acceptors (Lipinski definition) is 5. The van der Waals surface area contributed by atoms with Gasteiger partial charge in [-0.15, -0.1) is 0 Å². The predicted molar refractivity (Wildman–Crippen MR) is 89.6 cm³/mol. The molecule has 0 aliphatic heterocycles. The standard InChI is InChI=1S/C17H10F3N5S/c18-17(19,20)13-9-14(24-15(23-13)12-6-1-3-7-21-12)26-16-22-10-11-5-2-4-8-25(11)16/h1-10H. The molecule has 0 bridgehead atoms. The van der Waals surface area contributed by atoms with Crippen molar-refractivity contribution in [2.24, 2.45) is 0 Å². The van der Waals surface area contributed by atoms with Crippen molar-refractivity contribution in [3.8, 4) is 11.5 Å². The lowest BCUT2D eigenvalue weighted by atomic mass is 10.3. The summed E-state index contributed by atoms with van der Waals surface area (Å²) in [5, 5.41) is 0.656. The second-order valence-electron chi connectivity index (χ2n) is 5.27. The zero-order valence-corrected chi connectivity index (χ0v) is 13.9. The molecule has 9 heteroatoms. The van der Waals surface area contributed by atoms with E-state index >= 15 is 0 Å². The van der Waals surface area contributed by atoms with Gasteiger partial charge in [-0.2, -0.15) is 13.2 Å². The Labute approximate surface area is 150 Å². The van der Waals surface area contributed by atoms with Crippen molar-refractivity contribution in [1.82, 2.24) is 24.3 Å². The molecule has 4 rings (SSSR count). The fraction of sp³-hybridized carbons (Fsp3) is 0.0588. The molecule has 0 fully saturated rings. The summed E-state index contributed by atoms with van der Waals surface area (Å²) in [6, 6.07) is 11.4. The second-order valence-corrected chi connectivity index (χ2v) is 6.25. The van der Waals surface area contributed by atoms with Crippen LogP contribution in [0.15, 0.2) is 71.2 Å². The highest BCUT2D eigenvalue weighted by molar-refractivity contribution is 7.99. The first kappa shape index (κ1) is 16.5. The number of pyridine rings is 2. The minimum atomic E-state index is -4.59. The number of alkyl halides is 3. The highest BCUT2D eigenvalue weighted by Crippen LogP contribution is 2.33. The summed E-state index contributed by atoms with van der Waals surface area (Å²) in [6.45, 7) is 0. The van der Waals surface area contributed by atoms with E-state index in [4.69, 9.17) is 0 Å². The van der Waals surface area contributed by atoms with Gasteiger partial charge in [-0.1, -0.05) is 12.1 Å². The average molecular weight is 373 g/mol.